The first-order chi connectivity index (χ1) is 11.2. The summed E-state index contributed by atoms with van der Waals surface area (Å²) in [5, 5.41) is 0. The van der Waals surface area contributed by atoms with E-state index in [0.717, 1.165) is 11.1 Å². The molecule has 0 aliphatic heterocycles. The number of hydrogen-bond donors (Lipinski definition) is 0. The molecule has 25 heavy (non-hydrogen) atoms. The molecular weight excluding hydrogens is 475 g/mol. The summed E-state index contributed by atoms with van der Waals surface area (Å²) in [6.07, 6.45) is 0. The fourth-order valence-electron chi connectivity index (χ4n) is 2.02. The summed E-state index contributed by atoms with van der Waals surface area (Å²) in [6, 6.07) is 16.5. The fourth-order valence-corrected chi connectivity index (χ4v) is 2.59. The molecule has 0 atom stereocenters. The van der Waals surface area contributed by atoms with E-state index < -0.39 is 0 Å². The van der Waals surface area contributed by atoms with Gasteiger partial charge in [0.05, 0.1) is 8.39 Å². The van der Waals surface area contributed by atoms with Gasteiger partial charge in [-0.2, -0.15) is 0 Å². The Hall–Kier alpha value is -0.0177. The summed E-state index contributed by atoms with van der Waals surface area (Å²) in [4.78, 5) is 0. The molecule has 0 saturated heterocycles. The van der Waals surface area contributed by atoms with Gasteiger partial charge in [0.15, 0.2) is 0 Å². The molecule has 0 aliphatic carbocycles. The minimum atomic E-state index is 0. The molecule has 0 nitrogen and oxygen atoms in total. The molecule has 0 N–H and O–H groups in total. The normalized spacial score (nSPS) is 9.92. The summed E-state index contributed by atoms with van der Waals surface area (Å²) in [7, 11) is 0. The second kappa shape index (κ2) is 12.4. The van der Waals surface area contributed by atoms with Crippen LogP contribution in [0.2, 0.25) is 0 Å². The van der Waals surface area contributed by atoms with Gasteiger partial charge in [0.1, 0.15) is 24.4 Å². The Kier molecular flexibility index (Phi) is 12.4. The average Bonchev–Trinajstić information content (AvgIpc) is 2.55. The zero-order valence-electron chi connectivity index (χ0n) is 14.8. The summed E-state index contributed by atoms with van der Waals surface area (Å²) >= 11 is 18.1. The quantitative estimate of drug-likeness (QED) is 0.203. The largest absolute Gasteiger partial charge is 2.00 e. The Morgan fingerprint density at radius 3 is 1.04 bits per heavy atom. The van der Waals surface area contributed by atoms with E-state index in [0.29, 0.717) is 20.2 Å². The van der Waals surface area contributed by atoms with E-state index in [1.807, 2.05) is 24.3 Å². The molecule has 0 heterocycles. The van der Waals surface area contributed by atoms with Gasteiger partial charge in [-0.05, 0) is 23.0 Å². The summed E-state index contributed by atoms with van der Waals surface area (Å²) in [6.45, 7) is 8.70. The Balaban J connectivity index is 0.000000443. The first kappa shape index (κ1) is 25.0. The maximum absolute atomic E-state index is 4.94. The molecule has 0 bridgehead atoms. The van der Waals surface area contributed by atoms with Crippen molar-refractivity contribution < 1.29 is 20.4 Å². The first-order valence-electron chi connectivity index (χ1n) is 7.88. The van der Waals surface area contributed by atoms with E-state index in [4.69, 9.17) is 25.3 Å². The Labute approximate surface area is 187 Å². The second-order valence-corrected chi connectivity index (χ2v) is 8.48. The third-order valence-electron chi connectivity index (χ3n) is 3.65. The topological polar surface area (TPSA) is 0 Å². The third-order valence-corrected chi connectivity index (χ3v) is 4.64. The SMILES string of the molecule is CC(C)c1ccc(C([S-])=[SH+])cc1.CC(C)c1ccc(C([S-])=[SH+])cc1.[Pd+2]. The van der Waals surface area contributed by atoms with Crippen LogP contribution in [-0.4, -0.2) is 8.39 Å². The molecule has 0 saturated carbocycles. The zero-order chi connectivity index (χ0) is 18.3. The molecule has 0 fully saturated rings. The minimum absolute atomic E-state index is 0. The van der Waals surface area contributed by atoms with Crippen LogP contribution < -0.4 is 0 Å². The Bertz CT molecular complexity index is 612. The third kappa shape index (κ3) is 8.95. The summed E-state index contributed by atoms with van der Waals surface area (Å²) in [5.74, 6) is 1.15. The monoisotopic (exact) mass is 498 g/mol. The van der Waals surface area contributed by atoms with Gasteiger partial charge in [-0.15, -0.1) is 0 Å². The van der Waals surface area contributed by atoms with E-state index in [1.54, 1.807) is 0 Å². The Morgan fingerprint density at radius 1 is 0.640 bits per heavy atom. The number of rotatable bonds is 4. The van der Waals surface area contributed by atoms with Crippen LogP contribution in [0.1, 0.15) is 61.8 Å². The van der Waals surface area contributed by atoms with Crippen LogP contribution in [0.4, 0.5) is 0 Å². The van der Waals surface area contributed by atoms with E-state index >= 15 is 0 Å². The van der Waals surface area contributed by atoms with Gasteiger partial charge in [0.2, 0.25) is 0 Å². The van der Waals surface area contributed by atoms with Gasteiger partial charge in [-0.1, -0.05) is 76.2 Å². The van der Waals surface area contributed by atoms with Crippen molar-refractivity contribution in [2.24, 2.45) is 0 Å². The molecule has 5 heteroatoms. The molecule has 0 spiro atoms. The van der Waals surface area contributed by atoms with Crippen LogP contribution in [0, 0.1) is 0 Å². The molecule has 0 radical (unpaired) electrons. The van der Waals surface area contributed by atoms with E-state index in [-0.39, 0.29) is 20.4 Å². The molecule has 0 aromatic heterocycles. The minimum Gasteiger partial charge on any atom is -0.693 e. The molecule has 2 aromatic rings. The van der Waals surface area contributed by atoms with Crippen LogP contribution in [0.5, 0.6) is 0 Å². The zero-order valence-corrected chi connectivity index (χ0v) is 19.8. The standard InChI is InChI=1S/2C10H12S2.Pd/c2*1-7(2)8-3-5-9(6-4-8)10(11)12;/h2*3-7H,1-2H3,(H,11,12);/q;;+2. The molecular formula is C20H24PdS4+2. The maximum atomic E-state index is 4.94. The average molecular weight is 499 g/mol. The Morgan fingerprint density at radius 2 is 0.880 bits per heavy atom. The van der Waals surface area contributed by atoms with Crippen LogP contribution in [0.15, 0.2) is 48.5 Å². The van der Waals surface area contributed by atoms with Crippen molar-refractivity contribution in [2.45, 2.75) is 39.5 Å². The predicted octanol–water partition coefficient (Wildman–Crippen LogP) is 4.23. The predicted molar refractivity (Wildman–Crippen MR) is 122 cm³/mol. The van der Waals surface area contributed by atoms with E-state index in [9.17, 15) is 0 Å². The smallest absolute Gasteiger partial charge is 0.693 e. The van der Waals surface area contributed by atoms with Crippen LogP contribution >= 0.6 is 0 Å². The van der Waals surface area contributed by atoms with Gasteiger partial charge in [0, 0.05) is 11.1 Å². The van der Waals surface area contributed by atoms with Gasteiger partial charge in [0.25, 0.3) is 0 Å². The van der Waals surface area contributed by atoms with Crippen molar-refractivity contribution in [1.82, 2.24) is 0 Å². The molecule has 136 valence electrons. The van der Waals surface area contributed by atoms with Crippen molar-refractivity contribution in [3.63, 3.8) is 0 Å². The molecule has 2 rings (SSSR count). The first-order valence-corrected chi connectivity index (χ1v) is 9.60. The second-order valence-electron chi connectivity index (χ2n) is 6.16. The summed E-state index contributed by atoms with van der Waals surface area (Å²) < 4.78 is 1.32. The van der Waals surface area contributed by atoms with E-state index in [1.165, 1.54) is 11.1 Å². The number of benzene rings is 2. The van der Waals surface area contributed by atoms with Crippen molar-refractivity contribution in [3.8, 4) is 0 Å². The molecule has 0 amide bonds. The number of thiol groups is 2. The molecule has 2 aromatic carbocycles. The van der Waals surface area contributed by atoms with E-state index in [2.05, 4.69) is 76.4 Å². The van der Waals surface area contributed by atoms with Crippen molar-refractivity contribution in [3.05, 3.63) is 70.8 Å². The molecule has 0 unspecified atom stereocenters. The summed E-state index contributed by atoms with van der Waals surface area (Å²) in [5.41, 5.74) is 4.72. The molecule has 0 aliphatic rings. The van der Waals surface area contributed by atoms with Gasteiger partial charge in [-0.25, -0.2) is 0 Å². The van der Waals surface area contributed by atoms with Crippen LogP contribution in [-0.2, 0) is 70.1 Å². The van der Waals surface area contributed by atoms with Gasteiger partial charge < -0.3 is 25.3 Å². The van der Waals surface area contributed by atoms with Crippen LogP contribution in [0.25, 0.3) is 0 Å². The van der Waals surface area contributed by atoms with Crippen molar-refractivity contribution in [1.29, 1.82) is 0 Å². The fraction of sp³-hybridized carbons (Fsp3) is 0.300. The van der Waals surface area contributed by atoms with Crippen molar-refractivity contribution in [2.75, 3.05) is 0 Å². The van der Waals surface area contributed by atoms with Crippen LogP contribution in [0.3, 0.4) is 0 Å². The van der Waals surface area contributed by atoms with Gasteiger partial charge >= 0.3 is 20.4 Å². The maximum Gasteiger partial charge on any atom is 2.00 e. The van der Waals surface area contributed by atoms with Gasteiger partial charge in [-0.3, -0.25) is 0 Å². The number of hydrogen-bond acceptors (Lipinski definition) is 2. The van der Waals surface area contributed by atoms with Crippen molar-refractivity contribution >= 4 is 58.1 Å².